The van der Waals surface area contributed by atoms with E-state index in [0.29, 0.717) is 29.4 Å². The fourth-order valence-electron chi connectivity index (χ4n) is 2.52. The van der Waals surface area contributed by atoms with Gasteiger partial charge in [-0.25, -0.2) is 9.97 Å². The molecule has 0 aliphatic rings. The van der Waals surface area contributed by atoms with Crippen molar-refractivity contribution in [2.75, 3.05) is 5.32 Å². The third kappa shape index (κ3) is 4.89. The molecule has 0 saturated carbocycles. The summed E-state index contributed by atoms with van der Waals surface area (Å²) in [7, 11) is 0. The summed E-state index contributed by atoms with van der Waals surface area (Å²) in [5.41, 5.74) is 4.37. The number of nitrogens with one attached hydrogen (secondary N) is 2. The highest BCUT2D eigenvalue weighted by atomic mass is 16.1. The van der Waals surface area contributed by atoms with E-state index in [1.807, 2.05) is 37.3 Å². The Kier molecular flexibility index (Phi) is 5.43. The quantitative estimate of drug-likeness (QED) is 0.727. The molecule has 0 bridgehead atoms. The number of nitriles is 1. The number of hydrogen-bond donors (Lipinski definition) is 2. The number of carbonyl (C=O) groups is 1. The van der Waals surface area contributed by atoms with Crippen LogP contribution >= 0.6 is 0 Å². The Labute approximate surface area is 157 Å². The molecule has 134 valence electrons. The molecule has 0 atom stereocenters. The zero-order valence-electron chi connectivity index (χ0n) is 15.2. The highest BCUT2D eigenvalue weighted by Gasteiger charge is 2.11. The summed E-state index contributed by atoms with van der Waals surface area (Å²) >= 11 is 0. The monoisotopic (exact) mass is 357 g/mol. The molecule has 1 aromatic heterocycles. The van der Waals surface area contributed by atoms with Crippen molar-refractivity contribution in [1.29, 1.82) is 5.26 Å². The molecule has 2 N–H and O–H groups in total. The van der Waals surface area contributed by atoms with Gasteiger partial charge in [0, 0.05) is 17.9 Å². The zero-order chi connectivity index (χ0) is 19.2. The lowest BCUT2D eigenvalue weighted by Crippen LogP contribution is -2.24. The first kappa shape index (κ1) is 18.1. The molecule has 3 aromatic rings. The first-order chi connectivity index (χ1) is 13.0. The summed E-state index contributed by atoms with van der Waals surface area (Å²) in [4.78, 5) is 21.1. The van der Waals surface area contributed by atoms with E-state index in [-0.39, 0.29) is 11.6 Å². The van der Waals surface area contributed by atoms with Gasteiger partial charge in [-0.3, -0.25) is 4.79 Å². The van der Waals surface area contributed by atoms with Crippen LogP contribution in [0.25, 0.3) is 0 Å². The zero-order valence-corrected chi connectivity index (χ0v) is 15.2. The second-order valence-electron chi connectivity index (χ2n) is 6.20. The minimum absolute atomic E-state index is 0.269. The van der Waals surface area contributed by atoms with Gasteiger partial charge in [0.25, 0.3) is 5.91 Å². The number of nitrogens with zero attached hydrogens (tertiary/aromatic N) is 3. The van der Waals surface area contributed by atoms with Crippen LogP contribution in [0.4, 0.5) is 11.6 Å². The topological polar surface area (TPSA) is 90.7 Å². The molecule has 6 nitrogen and oxygen atoms in total. The van der Waals surface area contributed by atoms with Gasteiger partial charge in [-0.15, -0.1) is 0 Å². The Morgan fingerprint density at radius 2 is 1.85 bits per heavy atom. The molecular formula is C21H19N5O. The first-order valence-corrected chi connectivity index (χ1v) is 8.50. The van der Waals surface area contributed by atoms with Crippen molar-refractivity contribution >= 4 is 17.5 Å². The second kappa shape index (κ2) is 8.11. The highest BCUT2D eigenvalue weighted by Crippen LogP contribution is 2.15. The molecule has 0 fully saturated rings. The summed E-state index contributed by atoms with van der Waals surface area (Å²) in [5, 5.41) is 14.9. The standard InChI is InChI=1S/C21H19N5O/c1-14-6-8-16(9-7-14)13-23-20(27)19-10-15(2)24-21(26-19)25-18-5-3-4-17(11-18)12-22/h3-11H,13H2,1-2H3,(H,23,27)(H,24,25,26). The minimum atomic E-state index is -0.269. The molecule has 0 radical (unpaired) electrons. The predicted molar refractivity (Wildman–Crippen MR) is 104 cm³/mol. The molecule has 0 aliphatic heterocycles. The maximum atomic E-state index is 12.5. The average Bonchev–Trinajstić information content (AvgIpc) is 2.67. The van der Waals surface area contributed by atoms with Gasteiger partial charge >= 0.3 is 0 Å². The summed E-state index contributed by atoms with van der Waals surface area (Å²) in [6, 6.07) is 18.7. The van der Waals surface area contributed by atoms with Crippen LogP contribution in [0.15, 0.2) is 54.6 Å². The van der Waals surface area contributed by atoms with Gasteiger partial charge < -0.3 is 10.6 Å². The van der Waals surface area contributed by atoms with E-state index in [2.05, 4.69) is 26.7 Å². The third-order valence-electron chi connectivity index (χ3n) is 3.91. The lowest BCUT2D eigenvalue weighted by Gasteiger charge is -2.09. The van der Waals surface area contributed by atoms with E-state index in [9.17, 15) is 4.79 Å². The molecule has 1 heterocycles. The van der Waals surface area contributed by atoms with Crippen LogP contribution in [0.1, 0.15) is 32.9 Å². The Hall–Kier alpha value is -3.72. The molecule has 1 amide bonds. The Bertz CT molecular complexity index is 1010. The van der Waals surface area contributed by atoms with E-state index < -0.39 is 0 Å². The van der Waals surface area contributed by atoms with Crippen molar-refractivity contribution < 1.29 is 4.79 Å². The molecule has 27 heavy (non-hydrogen) atoms. The summed E-state index contributed by atoms with van der Waals surface area (Å²) in [6.45, 7) is 4.25. The van der Waals surface area contributed by atoms with Crippen molar-refractivity contribution in [1.82, 2.24) is 15.3 Å². The lowest BCUT2D eigenvalue weighted by atomic mass is 10.1. The minimum Gasteiger partial charge on any atom is -0.347 e. The first-order valence-electron chi connectivity index (χ1n) is 8.50. The largest absolute Gasteiger partial charge is 0.347 e. The van der Waals surface area contributed by atoms with Crippen molar-refractivity contribution in [2.45, 2.75) is 20.4 Å². The summed E-state index contributed by atoms with van der Waals surface area (Å²) < 4.78 is 0. The molecule has 0 spiro atoms. The normalized spacial score (nSPS) is 10.1. The van der Waals surface area contributed by atoms with Crippen LogP contribution in [0.3, 0.4) is 0 Å². The number of rotatable bonds is 5. The third-order valence-corrected chi connectivity index (χ3v) is 3.91. The van der Waals surface area contributed by atoms with Crippen LogP contribution in [0.5, 0.6) is 0 Å². The second-order valence-corrected chi connectivity index (χ2v) is 6.20. The molecular weight excluding hydrogens is 338 g/mol. The van der Waals surface area contributed by atoms with E-state index in [1.54, 1.807) is 31.2 Å². The molecule has 6 heteroatoms. The molecule has 0 aliphatic carbocycles. The highest BCUT2D eigenvalue weighted by molar-refractivity contribution is 5.92. The number of benzene rings is 2. The van der Waals surface area contributed by atoms with Gasteiger partial charge in [-0.1, -0.05) is 35.9 Å². The van der Waals surface area contributed by atoms with Gasteiger partial charge in [0.05, 0.1) is 11.6 Å². The fourth-order valence-corrected chi connectivity index (χ4v) is 2.52. The predicted octanol–water partition coefficient (Wildman–Crippen LogP) is 3.64. The SMILES string of the molecule is Cc1ccc(CNC(=O)c2cc(C)nc(Nc3cccc(C#N)c3)n2)cc1. The molecule has 0 unspecified atom stereocenters. The van der Waals surface area contributed by atoms with Crippen LogP contribution in [0, 0.1) is 25.2 Å². The van der Waals surface area contributed by atoms with Gasteiger partial charge in [0.2, 0.25) is 5.95 Å². The van der Waals surface area contributed by atoms with Crippen molar-refractivity contribution in [3.63, 3.8) is 0 Å². The van der Waals surface area contributed by atoms with Gasteiger partial charge in [-0.2, -0.15) is 5.26 Å². The van der Waals surface area contributed by atoms with Crippen molar-refractivity contribution in [2.24, 2.45) is 0 Å². The Balaban J connectivity index is 1.73. The summed E-state index contributed by atoms with van der Waals surface area (Å²) in [5.74, 6) is 0.0421. The van der Waals surface area contributed by atoms with Gasteiger partial charge in [0.1, 0.15) is 5.69 Å². The molecule has 0 saturated heterocycles. The number of carbonyl (C=O) groups excluding carboxylic acids is 1. The Morgan fingerprint density at radius 3 is 2.59 bits per heavy atom. The lowest BCUT2D eigenvalue weighted by molar-refractivity contribution is 0.0945. The fraction of sp³-hybridized carbons (Fsp3) is 0.143. The number of hydrogen-bond acceptors (Lipinski definition) is 5. The Morgan fingerprint density at radius 1 is 1.07 bits per heavy atom. The summed E-state index contributed by atoms with van der Waals surface area (Å²) in [6.07, 6.45) is 0. The van der Waals surface area contributed by atoms with Crippen LogP contribution < -0.4 is 10.6 Å². The van der Waals surface area contributed by atoms with E-state index in [0.717, 1.165) is 5.56 Å². The van der Waals surface area contributed by atoms with Crippen LogP contribution in [0.2, 0.25) is 0 Å². The van der Waals surface area contributed by atoms with Crippen molar-refractivity contribution in [3.8, 4) is 6.07 Å². The maximum absolute atomic E-state index is 12.5. The number of aromatic nitrogens is 2. The van der Waals surface area contributed by atoms with E-state index in [4.69, 9.17) is 5.26 Å². The van der Waals surface area contributed by atoms with E-state index in [1.165, 1.54) is 5.56 Å². The smallest absolute Gasteiger partial charge is 0.270 e. The number of amides is 1. The van der Waals surface area contributed by atoms with Crippen LogP contribution in [-0.2, 0) is 6.54 Å². The van der Waals surface area contributed by atoms with Crippen molar-refractivity contribution in [3.05, 3.63) is 82.7 Å². The van der Waals surface area contributed by atoms with Gasteiger partial charge in [-0.05, 0) is 43.7 Å². The number of aryl methyl sites for hydroxylation is 2. The van der Waals surface area contributed by atoms with Gasteiger partial charge in [0.15, 0.2) is 0 Å². The van der Waals surface area contributed by atoms with Crippen LogP contribution in [-0.4, -0.2) is 15.9 Å². The molecule has 2 aromatic carbocycles. The number of anilines is 2. The maximum Gasteiger partial charge on any atom is 0.270 e. The molecule has 3 rings (SSSR count). The average molecular weight is 357 g/mol. The van der Waals surface area contributed by atoms with E-state index >= 15 is 0 Å².